The largest absolute Gasteiger partial charge is 0.354 e. The number of halogens is 1. The Morgan fingerprint density at radius 2 is 1.83 bits per heavy atom. The van der Waals surface area contributed by atoms with E-state index in [1.165, 1.54) is 5.69 Å². The molecule has 1 aliphatic rings. The molecule has 0 atom stereocenters. The van der Waals surface area contributed by atoms with Crippen LogP contribution in [0.5, 0.6) is 0 Å². The minimum Gasteiger partial charge on any atom is -0.354 e. The highest BCUT2D eigenvalue weighted by Crippen LogP contribution is 2.17. The van der Waals surface area contributed by atoms with Gasteiger partial charge in [0.05, 0.1) is 11.9 Å². The van der Waals surface area contributed by atoms with Gasteiger partial charge in [-0.1, -0.05) is 6.07 Å². The molecule has 23 heavy (non-hydrogen) atoms. The molecule has 0 saturated carbocycles. The molecule has 0 amide bonds. The average Bonchev–Trinajstić information content (AvgIpc) is 3.00. The highest BCUT2D eigenvalue weighted by molar-refractivity contribution is 9.10. The first-order valence-corrected chi connectivity index (χ1v) is 8.59. The van der Waals surface area contributed by atoms with Crippen LogP contribution in [0.25, 0.3) is 5.65 Å². The first kappa shape index (κ1) is 14.7. The number of nitrogens with zero attached hydrogens (tertiary/aromatic N) is 5. The number of anilines is 1. The molecular weight excluding hydrogens is 354 g/mol. The number of aromatic nitrogens is 3. The SMILES string of the molecule is Brc1ccc(N2CCN(Cc3cnc4ccccn34)CC2)nc1. The maximum absolute atomic E-state index is 4.49. The number of fused-ring (bicyclic) bond motifs is 1. The molecule has 0 N–H and O–H groups in total. The Morgan fingerprint density at radius 3 is 2.61 bits per heavy atom. The quantitative estimate of drug-likeness (QED) is 0.709. The second-order valence-electron chi connectivity index (χ2n) is 5.78. The Kier molecular flexibility index (Phi) is 4.01. The van der Waals surface area contributed by atoms with Crippen LogP contribution < -0.4 is 4.90 Å². The topological polar surface area (TPSA) is 36.7 Å². The van der Waals surface area contributed by atoms with Crippen LogP contribution in [-0.2, 0) is 6.54 Å². The number of hydrogen-bond acceptors (Lipinski definition) is 4. The fourth-order valence-corrected chi connectivity index (χ4v) is 3.26. The van der Waals surface area contributed by atoms with E-state index in [2.05, 4.69) is 58.4 Å². The minimum atomic E-state index is 0.937. The van der Waals surface area contributed by atoms with Gasteiger partial charge in [-0.25, -0.2) is 9.97 Å². The van der Waals surface area contributed by atoms with Crippen LogP contribution in [0.1, 0.15) is 5.69 Å². The van der Waals surface area contributed by atoms with Crippen molar-refractivity contribution in [2.24, 2.45) is 0 Å². The smallest absolute Gasteiger partial charge is 0.136 e. The van der Waals surface area contributed by atoms with E-state index >= 15 is 0 Å². The van der Waals surface area contributed by atoms with E-state index in [4.69, 9.17) is 0 Å². The molecule has 5 nitrogen and oxygen atoms in total. The van der Waals surface area contributed by atoms with Crippen LogP contribution in [0.3, 0.4) is 0 Å². The molecule has 1 fully saturated rings. The normalized spacial score (nSPS) is 16.1. The Morgan fingerprint density at radius 1 is 0.957 bits per heavy atom. The van der Waals surface area contributed by atoms with Gasteiger partial charge in [0.1, 0.15) is 11.5 Å². The van der Waals surface area contributed by atoms with Crippen molar-refractivity contribution < 1.29 is 0 Å². The van der Waals surface area contributed by atoms with E-state index < -0.39 is 0 Å². The van der Waals surface area contributed by atoms with Crippen molar-refractivity contribution in [2.45, 2.75) is 6.54 Å². The summed E-state index contributed by atoms with van der Waals surface area (Å²) < 4.78 is 3.19. The molecule has 6 heteroatoms. The third kappa shape index (κ3) is 3.09. The zero-order valence-electron chi connectivity index (χ0n) is 12.8. The van der Waals surface area contributed by atoms with Crippen LogP contribution in [0.2, 0.25) is 0 Å². The molecule has 118 valence electrons. The number of imidazole rings is 1. The summed E-state index contributed by atoms with van der Waals surface area (Å²) in [6, 6.07) is 10.2. The second-order valence-corrected chi connectivity index (χ2v) is 6.69. The minimum absolute atomic E-state index is 0.937. The van der Waals surface area contributed by atoms with Gasteiger partial charge in [0.2, 0.25) is 0 Å². The lowest BCUT2D eigenvalue weighted by Crippen LogP contribution is -2.46. The van der Waals surface area contributed by atoms with E-state index in [1.807, 2.05) is 30.6 Å². The molecule has 4 rings (SSSR count). The lowest BCUT2D eigenvalue weighted by atomic mass is 10.3. The third-order valence-corrected chi connectivity index (χ3v) is 4.76. The summed E-state index contributed by atoms with van der Waals surface area (Å²) in [5.41, 5.74) is 2.26. The van der Waals surface area contributed by atoms with Crippen molar-refractivity contribution in [2.75, 3.05) is 31.1 Å². The Balaban J connectivity index is 1.41. The number of pyridine rings is 2. The molecule has 0 radical (unpaired) electrons. The number of piperazine rings is 1. The number of rotatable bonds is 3. The van der Waals surface area contributed by atoms with Crippen molar-refractivity contribution in [3.05, 3.63) is 59.1 Å². The zero-order chi connectivity index (χ0) is 15.6. The monoisotopic (exact) mass is 371 g/mol. The van der Waals surface area contributed by atoms with E-state index in [0.29, 0.717) is 0 Å². The van der Waals surface area contributed by atoms with Gasteiger partial charge in [-0.05, 0) is 40.2 Å². The predicted molar refractivity (Wildman–Crippen MR) is 94.6 cm³/mol. The molecule has 0 aromatic carbocycles. The van der Waals surface area contributed by atoms with Crippen LogP contribution >= 0.6 is 15.9 Å². The molecule has 3 aromatic rings. The van der Waals surface area contributed by atoms with Crippen molar-refractivity contribution in [1.29, 1.82) is 0 Å². The molecule has 1 saturated heterocycles. The standard InChI is InChI=1S/C17H18BrN5/c18-14-4-5-16(19-11-14)22-9-7-21(8-10-22)13-15-12-20-17-3-1-2-6-23(15)17/h1-6,11-12H,7-10,13H2. The lowest BCUT2D eigenvalue weighted by Gasteiger charge is -2.35. The van der Waals surface area contributed by atoms with Crippen LogP contribution in [0.15, 0.2) is 53.4 Å². The van der Waals surface area contributed by atoms with E-state index in [0.717, 1.165) is 48.7 Å². The molecular formula is C17H18BrN5. The van der Waals surface area contributed by atoms with Crippen molar-refractivity contribution in [1.82, 2.24) is 19.3 Å². The number of hydrogen-bond donors (Lipinski definition) is 0. The summed E-state index contributed by atoms with van der Waals surface area (Å²) in [4.78, 5) is 13.8. The van der Waals surface area contributed by atoms with Crippen LogP contribution in [0.4, 0.5) is 5.82 Å². The van der Waals surface area contributed by atoms with Gasteiger partial charge < -0.3 is 9.30 Å². The van der Waals surface area contributed by atoms with Gasteiger partial charge in [0.25, 0.3) is 0 Å². The molecule has 0 aliphatic carbocycles. The van der Waals surface area contributed by atoms with Crippen molar-refractivity contribution in [3.63, 3.8) is 0 Å². The molecule has 0 spiro atoms. The highest BCUT2D eigenvalue weighted by atomic mass is 79.9. The Labute approximate surface area is 143 Å². The molecule has 4 heterocycles. The van der Waals surface area contributed by atoms with Crippen LogP contribution in [0, 0.1) is 0 Å². The van der Waals surface area contributed by atoms with Gasteiger partial charge >= 0.3 is 0 Å². The van der Waals surface area contributed by atoms with Gasteiger partial charge in [0, 0.05) is 49.6 Å². The summed E-state index contributed by atoms with van der Waals surface area (Å²) in [5, 5.41) is 0. The fraction of sp³-hybridized carbons (Fsp3) is 0.294. The van der Waals surface area contributed by atoms with Gasteiger partial charge in [-0.15, -0.1) is 0 Å². The lowest BCUT2D eigenvalue weighted by molar-refractivity contribution is 0.246. The summed E-state index contributed by atoms with van der Waals surface area (Å²) in [6.07, 6.45) is 5.93. The van der Waals surface area contributed by atoms with Gasteiger partial charge in [-0.2, -0.15) is 0 Å². The van der Waals surface area contributed by atoms with E-state index in [-0.39, 0.29) is 0 Å². The molecule has 3 aromatic heterocycles. The molecule has 1 aliphatic heterocycles. The van der Waals surface area contributed by atoms with Gasteiger partial charge in [0.15, 0.2) is 0 Å². The molecule has 0 bridgehead atoms. The average molecular weight is 372 g/mol. The third-order valence-electron chi connectivity index (χ3n) is 4.29. The highest BCUT2D eigenvalue weighted by Gasteiger charge is 2.19. The molecule has 0 unspecified atom stereocenters. The summed E-state index contributed by atoms with van der Waals surface area (Å²) in [7, 11) is 0. The fourth-order valence-electron chi connectivity index (χ4n) is 3.02. The first-order chi connectivity index (χ1) is 11.3. The zero-order valence-corrected chi connectivity index (χ0v) is 14.4. The van der Waals surface area contributed by atoms with Crippen LogP contribution in [-0.4, -0.2) is 45.4 Å². The summed E-state index contributed by atoms with van der Waals surface area (Å²) >= 11 is 3.43. The Hall–Kier alpha value is -1.92. The summed E-state index contributed by atoms with van der Waals surface area (Å²) in [6.45, 7) is 5.03. The van der Waals surface area contributed by atoms with Gasteiger partial charge in [-0.3, -0.25) is 4.90 Å². The maximum Gasteiger partial charge on any atom is 0.136 e. The van der Waals surface area contributed by atoms with E-state index in [9.17, 15) is 0 Å². The predicted octanol–water partition coefficient (Wildman–Crippen LogP) is 2.81. The second kappa shape index (κ2) is 6.29. The first-order valence-electron chi connectivity index (χ1n) is 7.79. The van der Waals surface area contributed by atoms with E-state index in [1.54, 1.807) is 0 Å². The van der Waals surface area contributed by atoms with Crippen molar-refractivity contribution in [3.8, 4) is 0 Å². The maximum atomic E-state index is 4.49. The summed E-state index contributed by atoms with van der Waals surface area (Å²) in [5.74, 6) is 1.06. The van der Waals surface area contributed by atoms with Crippen molar-refractivity contribution >= 4 is 27.4 Å². The Bertz CT molecular complexity index is 790.